The maximum Gasteiger partial charge on any atom is 0.297 e. The second kappa shape index (κ2) is 8.90. The first-order valence-corrected chi connectivity index (χ1v) is 11.6. The molecule has 4 rings (SSSR count). The number of rotatable bonds is 7. The van der Waals surface area contributed by atoms with Crippen LogP contribution in [0.3, 0.4) is 0 Å². The Labute approximate surface area is 190 Å². The van der Waals surface area contributed by atoms with E-state index in [0.717, 1.165) is 5.56 Å². The predicted octanol–water partition coefficient (Wildman–Crippen LogP) is 4.17. The first-order valence-electron chi connectivity index (χ1n) is 9.47. The summed E-state index contributed by atoms with van der Waals surface area (Å²) in [5, 5.41) is 0.857. The van der Waals surface area contributed by atoms with Crippen molar-refractivity contribution in [2.45, 2.75) is 30.3 Å². The fourth-order valence-corrected chi connectivity index (χ4v) is 4.80. The third-order valence-corrected chi connectivity index (χ3v) is 6.71. The van der Waals surface area contributed by atoms with Crippen molar-refractivity contribution in [3.05, 3.63) is 82.4 Å². The van der Waals surface area contributed by atoms with E-state index >= 15 is 0 Å². The first kappa shape index (κ1) is 22.3. The lowest BCUT2D eigenvalue weighted by molar-refractivity contribution is -0.189. The fraction of sp³-hybridized carbons (Fsp3) is 0.286. The van der Waals surface area contributed by atoms with Gasteiger partial charge in [-0.2, -0.15) is 8.42 Å². The quantitative estimate of drug-likeness (QED) is 0.470. The van der Waals surface area contributed by atoms with E-state index in [2.05, 4.69) is 4.98 Å². The van der Waals surface area contributed by atoms with Crippen LogP contribution in [0.4, 0.5) is 0 Å². The van der Waals surface area contributed by atoms with Crippen LogP contribution in [-0.4, -0.2) is 37.3 Å². The van der Waals surface area contributed by atoms with Crippen molar-refractivity contribution in [3.63, 3.8) is 0 Å². The zero-order chi connectivity index (χ0) is 22.1. The first-order chi connectivity index (χ1) is 14.8. The minimum Gasteiger partial charge on any atom is -0.342 e. The van der Waals surface area contributed by atoms with Crippen LogP contribution in [-0.2, 0) is 36.1 Å². The van der Waals surface area contributed by atoms with Gasteiger partial charge in [0.25, 0.3) is 10.1 Å². The molecule has 164 valence electrons. The van der Waals surface area contributed by atoms with E-state index in [1.54, 1.807) is 53.6 Å². The normalized spacial score (nSPS) is 21.5. The molecule has 1 aliphatic heterocycles. The maximum absolute atomic E-state index is 12.5. The molecule has 0 aliphatic carbocycles. The van der Waals surface area contributed by atoms with E-state index in [1.165, 1.54) is 12.1 Å². The summed E-state index contributed by atoms with van der Waals surface area (Å²) in [7, 11) is -3.92. The summed E-state index contributed by atoms with van der Waals surface area (Å²) in [6.45, 7) is 2.06. The monoisotopic (exact) mass is 482 g/mol. The molecular formula is C21H20Cl2N2O5S. The Bertz CT molecular complexity index is 1150. The van der Waals surface area contributed by atoms with Gasteiger partial charge in [-0.15, -0.1) is 0 Å². The van der Waals surface area contributed by atoms with Crippen LogP contribution in [0, 0.1) is 6.92 Å². The largest absolute Gasteiger partial charge is 0.342 e. The van der Waals surface area contributed by atoms with E-state index in [1.807, 2.05) is 6.92 Å². The second-order valence-corrected chi connectivity index (χ2v) is 9.67. The molecule has 31 heavy (non-hydrogen) atoms. The number of aromatic nitrogens is 2. The number of nitrogens with zero attached hydrogens (tertiary/aromatic N) is 2. The maximum atomic E-state index is 12.5. The number of hydrogen-bond acceptors (Lipinski definition) is 6. The van der Waals surface area contributed by atoms with Gasteiger partial charge in [-0.3, -0.25) is 4.18 Å². The van der Waals surface area contributed by atoms with Crippen molar-refractivity contribution in [2.75, 3.05) is 13.2 Å². The van der Waals surface area contributed by atoms with Gasteiger partial charge in [-0.25, -0.2) is 4.98 Å². The standard InChI is InChI=1S/C21H20Cl2N2O5S/c1-15-2-5-18(6-3-15)31(26,27)29-12-17-11-28-21(30-17,13-25-9-8-24-14-25)19-7-4-16(22)10-20(19)23/h2-10,14,17H,11-13H2,1H3/t17-,21-/m0/s1. The van der Waals surface area contributed by atoms with Crippen molar-refractivity contribution >= 4 is 33.3 Å². The number of hydrogen-bond donors (Lipinski definition) is 0. The molecule has 10 heteroatoms. The van der Waals surface area contributed by atoms with Crippen molar-refractivity contribution in [2.24, 2.45) is 0 Å². The third kappa shape index (κ3) is 4.95. The molecule has 1 fully saturated rings. The Hall–Kier alpha value is -1.94. The van der Waals surface area contributed by atoms with E-state index in [9.17, 15) is 8.42 Å². The summed E-state index contributed by atoms with van der Waals surface area (Å²) < 4.78 is 44.3. The highest BCUT2D eigenvalue weighted by Crippen LogP contribution is 2.40. The summed E-state index contributed by atoms with van der Waals surface area (Å²) in [4.78, 5) is 4.13. The van der Waals surface area contributed by atoms with Gasteiger partial charge in [-0.05, 0) is 31.2 Å². The summed E-state index contributed by atoms with van der Waals surface area (Å²) in [6, 6.07) is 11.5. The number of halogens is 2. The van der Waals surface area contributed by atoms with Crippen molar-refractivity contribution < 1.29 is 22.1 Å². The molecule has 0 unspecified atom stereocenters. The average molecular weight is 483 g/mol. The summed E-state index contributed by atoms with van der Waals surface area (Å²) in [5.74, 6) is -1.25. The summed E-state index contributed by atoms with van der Waals surface area (Å²) >= 11 is 12.5. The van der Waals surface area contributed by atoms with Gasteiger partial charge in [0.15, 0.2) is 0 Å². The zero-order valence-electron chi connectivity index (χ0n) is 16.6. The van der Waals surface area contributed by atoms with Crippen LogP contribution in [0.15, 0.2) is 66.1 Å². The topological polar surface area (TPSA) is 79.7 Å². The molecule has 0 amide bonds. The Morgan fingerprint density at radius 1 is 1.23 bits per heavy atom. The highest BCUT2D eigenvalue weighted by Gasteiger charge is 2.45. The van der Waals surface area contributed by atoms with Crippen LogP contribution < -0.4 is 0 Å². The Kier molecular flexibility index (Phi) is 6.39. The molecule has 3 aromatic rings. The van der Waals surface area contributed by atoms with Gasteiger partial charge >= 0.3 is 0 Å². The molecule has 1 aliphatic rings. The highest BCUT2D eigenvalue weighted by atomic mass is 35.5. The molecule has 2 heterocycles. The number of benzene rings is 2. The van der Waals surface area contributed by atoms with Crippen molar-refractivity contribution in [1.82, 2.24) is 9.55 Å². The van der Waals surface area contributed by atoms with Crippen LogP contribution in [0.25, 0.3) is 0 Å². The van der Waals surface area contributed by atoms with E-state index in [-0.39, 0.29) is 24.7 Å². The smallest absolute Gasteiger partial charge is 0.297 e. The van der Waals surface area contributed by atoms with E-state index < -0.39 is 22.0 Å². The Morgan fingerprint density at radius 3 is 2.68 bits per heavy atom. The van der Waals surface area contributed by atoms with Gasteiger partial charge in [-0.1, -0.05) is 47.0 Å². The molecule has 1 aromatic heterocycles. The summed E-state index contributed by atoms with van der Waals surface area (Å²) in [5.41, 5.74) is 1.53. The molecule has 0 radical (unpaired) electrons. The van der Waals surface area contributed by atoms with Crippen LogP contribution in [0.5, 0.6) is 0 Å². The zero-order valence-corrected chi connectivity index (χ0v) is 18.9. The lowest BCUT2D eigenvalue weighted by atomic mass is 10.1. The minimum atomic E-state index is -3.92. The molecule has 2 aromatic carbocycles. The van der Waals surface area contributed by atoms with Gasteiger partial charge in [0.2, 0.25) is 5.79 Å². The molecule has 0 saturated carbocycles. The molecule has 0 bridgehead atoms. The van der Waals surface area contributed by atoms with Gasteiger partial charge in [0, 0.05) is 23.0 Å². The molecular weight excluding hydrogens is 463 g/mol. The van der Waals surface area contributed by atoms with Gasteiger partial charge < -0.3 is 14.0 Å². The number of imidazole rings is 1. The Balaban J connectivity index is 1.53. The van der Waals surface area contributed by atoms with Crippen LogP contribution >= 0.6 is 23.2 Å². The number of aryl methyl sites for hydroxylation is 1. The lowest BCUT2D eigenvalue weighted by Gasteiger charge is -2.29. The number of ether oxygens (including phenoxy) is 2. The minimum absolute atomic E-state index is 0.0856. The molecule has 2 atom stereocenters. The van der Waals surface area contributed by atoms with Crippen LogP contribution in [0.2, 0.25) is 10.0 Å². The highest BCUT2D eigenvalue weighted by molar-refractivity contribution is 7.86. The average Bonchev–Trinajstić information content (AvgIpc) is 3.38. The molecule has 0 N–H and O–H groups in total. The summed E-state index contributed by atoms with van der Waals surface area (Å²) in [6.07, 6.45) is 4.41. The van der Waals surface area contributed by atoms with Crippen molar-refractivity contribution in [1.29, 1.82) is 0 Å². The predicted molar refractivity (Wildman–Crippen MR) is 116 cm³/mol. The van der Waals surface area contributed by atoms with E-state index in [0.29, 0.717) is 15.6 Å². The molecule has 7 nitrogen and oxygen atoms in total. The second-order valence-electron chi connectivity index (χ2n) is 7.21. The van der Waals surface area contributed by atoms with Gasteiger partial charge in [0.05, 0.1) is 36.0 Å². The van der Waals surface area contributed by atoms with Gasteiger partial charge in [0.1, 0.15) is 6.10 Å². The Morgan fingerprint density at radius 2 is 2.00 bits per heavy atom. The van der Waals surface area contributed by atoms with Crippen LogP contribution in [0.1, 0.15) is 11.1 Å². The SMILES string of the molecule is Cc1ccc(S(=O)(=O)OC[C@@H]2CO[C@](Cn3ccnc3)(c3ccc(Cl)cc3Cl)O2)cc1. The van der Waals surface area contributed by atoms with Crippen molar-refractivity contribution in [3.8, 4) is 0 Å². The molecule has 1 saturated heterocycles. The fourth-order valence-electron chi connectivity index (χ4n) is 3.31. The van der Waals surface area contributed by atoms with E-state index in [4.69, 9.17) is 36.9 Å². The lowest BCUT2D eigenvalue weighted by Crippen LogP contribution is -2.34. The third-order valence-electron chi connectivity index (χ3n) is 4.87. The molecule has 0 spiro atoms.